The van der Waals surface area contributed by atoms with Gasteiger partial charge in [0.2, 0.25) is 0 Å². The molecule has 0 saturated carbocycles. The summed E-state index contributed by atoms with van der Waals surface area (Å²) in [6, 6.07) is 12.0. The van der Waals surface area contributed by atoms with Gasteiger partial charge in [0.1, 0.15) is 18.2 Å². The molecule has 2 aromatic carbocycles. The van der Waals surface area contributed by atoms with Gasteiger partial charge in [0.25, 0.3) is 0 Å². The number of fused-ring (bicyclic) bond motifs is 1. The van der Waals surface area contributed by atoms with Crippen LogP contribution in [0.15, 0.2) is 48.7 Å². The van der Waals surface area contributed by atoms with Crippen molar-refractivity contribution in [1.29, 1.82) is 0 Å². The molecule has 0 radical (unpaired) electrons. The predicted octanol–water partition coefficient (Wildman–Crippen LogP) is 4.55. The molecule has 2 nitrogen and oxygen atoms in total. The van der Waals surface area contributed by atoms with E-state index in [0.717, 1.165) is 22.2 Å². The predicted molar refractivity (Wildman–Crippen MR) is 78.7 cm³/mol. The van der Waals surface area contributed by atoms with Crippen LogP contribution in [0.25, 0.3) is 10.9 Å². The fourth-order valence-electron chi connectivity index (χ4n) is 2.27. The molecule has 0 unspecified atom stereocenters. The van der Waals surface area contributed by atoms with Crippen LogP contribution in [0.4, 0.5) is 4.39 Å². The van der Waals surface area contributed by atoms with E-state index in [4.69, 9.17) is 16.3 Å². The lowest BCUT2D eigenvalue weighted by atomic mass is 10.2. The lowest BCUT2D eigenvalue weighted by Crippen LogP contribution is -1.94. The van der Waals surface area contributed by atoms with Crippen molar-refractivity contribution in [2.24, 2.45) is 7.05 Å². The van der Waals surface area contributed by atoms with E-state index in [2.05, 4.69) is 0 Å². The van der Waals surface area contributed by atoms with Gasteiger partial charge in [-0.3, -0.25) is 0 Å². The Morgan fingerprint density at radius 1 is 1.20 bits per heavy atom. The van der Waals surface area contributed by atoms with Gasteiger partial charge >= 0.3 is 0 Å². The number of hydrogen-bond donors (Lipinski definition) is 0. The first-order valence-electron chi connectivity index (χ1n) is 6.25. The largest absolute Gasteiger partial charge is 0.489 e. The molecule has 1 aromatic heterocycles. The molecule has 0 aliphatic rings. The van der Waals surface area contributed by atoms with E-state index in [1.165, 1.54) is 12.1 Å². The first kappa shape index (κ1) is 13.0. The van der Waals surface area contributed by atoms with Crippen LogP contribution in [-0.2, 0) is 13.7 Å². The van der Waals surface area contributed by atoms with Gasteiger partial charge in [-0.15, -0.1) is 0 Å². The molecule has 3 aromatic rings. The number of aryl methyl sites for hydroxylation is 1. The van der Waals surface area contributed by atoms with Crippen LogP contribution in [0.1, 0.15) is 5.56 Å². The molecule has 102 valence electrons. The molecular weight excluding hydrogens is 277 g/mol. The standard InChI is InChI=1S/C16H13ClFNO/c1-19-9-11(15-6-5-13(18)8-16(15)19)10-20-14-4-2-3-12(17)7-14/h2-9H,10H2,1H3. The zero-order valence-electron chi connectivity index (χ0n) is 10.9. The maximum atomic E-state index is 13.3. The zero-order valence-corrected chi connectivity index (χ0v) is 11.7. The topological polar surface area (TPSA) is 14.2 Å². The molecule has 0 amide bonds. The summed E-state index contributed by atoms with van der Waals surface area (Å²) >= 11 is 5.92. The average Bonchev–Trinajstić information content (AvgIpc) is 2.73. The lowest BCUT2D eigenvalue weighted by molar-refractivity contribution is 0.307. The fraction of sp³-hybridized carbons (Fsp3) is 0.125. The van der Waals surface area contributed by atoms with E-state index in [-0.39, 0.29) is 5.82 Å². The van der Waals surface area contributed by atoms with E-state index < -0.39 is 0 Å². The Hall–Kier alpha value is -2.00. The summed E-state index contributed by atoms with van der Waals surface area (Å²) in [6.45, 7) is 0.420. The maximum absolute atomic E-state index is 13.3. The van der Waals surface area contributed by atoms with Gasteiger partial charge in [-0.25, -0.2) is 4.39 Å². The number of benzene rings is 2. The summed E-state index contributed by atoms with van der Waals surface area (Å²) in [5, 5.41) is 1.64. The first-order chi connectivity index (χ1) is 9.63. The van der Waals surface area contributed by atoms with Gasteiger partial charge in [-0.1, -0.05) is 17.7 Å². The van der Waals surface area contributed by atoms with E-state index in [1.807, 2.05) is 29.9 Å². The maximum Gasteiger partial charge on any atom is 0.125 e. The van der Waals surface area contributed by atoms with Gasteiger partial charge < -0.3 is 9.30 Å². The second-order valence-electron chi connectivity index (χ2n) is 4.67. The van der Waals surface area contributed by atoms with Gasteiger partial charge in [-0.2, -0.15) is 0 Å². The van der Waals surface area contributed by atoms with Crippen LogP contribution in [0, 0.1) is 5.82 Å². The highest BCUT2D eigenvalue weighted by Crippen LogP contribution is 2.24. The zero-order chi connectivity index (χ0) is 14.1. The fourth-order valence-corrected chi connectivity index (χ4v) is 2.45. The van der Waals surface area contributed by atoms with Crippen molar-refractivity contribution >= 4 is 22.5 Å². The summed E-state index contributed by atoms with van der Waals surface area (Å²) in [5.74, 6) is 0.484. The Balaban J connectivity index is 1.88. The SMILES string of the molecule is Cn1cc(COc2cccc(Cl)c2)c2ccc(F)cc21. The molecule has 0 spiro atoms. The number of nitrogens with zero attached hydrogens (tertiary/aromatic N) is 1. The Bertz CT molecular complexity index is 766. The van der Waals surface area contributed by atoms with Crippen molar-refractivity contribution in [2.45, 2.75) is 6.61 Å². The molecular formula is C16H13ClFNO. The van der Waals surface area contributed by atoms with Crippen LogP contribution in [0.2, 0.25) is 5.02 Å². The van der Waals surface area contributed by atoms with E-state index in [9.17, 15) is 4.39 Å². The lowest BCUT2D eigenvalue weighted by Gasteiger charge is -2.05. The highest BCUT2D eigenvalue weighted by molar-refractivity contribution is 6.30. The van der Waals surface area contributed by atoms with Crippen molar-refractivity contribution in [2.75, 3.05) is 0 Å². The normalized spacial score (nSPS) is 10.9. The third kappa shape index (κ3) is 2.49. The molecule has 0 aliphatic heterocycles. The van der Waals surface area contributed by atoms with Crippen LogP contribution in [-0.4, -0.2) is 4.57 Å². The monoisotopic (exact) mass is 289 g/mol. The van der Waals surface area contributed by atoms with Crippen LogP contribution < -0.4 is 4.74 Å². The molecule has 0 N–H and O–H groups in total. The summed E-state index contributed by atoms with van der Waals surface area (Å²) in [4.78, 5) is 0. The second kappa shape index (κ2) is 5.17. The molecule has 0 atom stereocenters. The molecule has 1 heterocycles. The van der Waals surface area contributed by atoms with Gasteiger partial charge in [0.05, 0.1) is 5.52 Å². The van der Waals surface area contributed by atoms with E-state index in [0.29, 0.717) is 11.6 Å². The van der Waals surface area contributed by atoms with Crippen molar-refractivity contribution in [3.05, 3.63) is 65.1 Å². The first-order valence-corrected chi connectivity index (χ1v) is 6.63. The Labute approximate surface area is 121 Å². The molecule has 0 fully saturated rings. The van der Waals surface area contributed by atoms with Gasteiger partial charge in [0.15, 0.2) is 0 Å². The van der Waals surface area contributed by atoms with Crippen LogP contribution in [0.5, 0.6) is 5.75 Å². The number of aromatic nitrogens is 1. The number of hydrogen-bond acceptors (Lipinski definition) is 1. The quantitative estimate of drug-likeness (QED) is 0.690. The summed E-state index contributed by atoms with van der Waals surface area (Å²) in [5.41, 5.74) is 1.87. The van der Waals surface area contributed by atoms with Crippen molar-refractivity contribution in [1.82, 2.24) is 4.57 Å². The molecule has 0 saturated heterocycles. The van der Waals surface area contributed by atoms with Gasteiger partial charge in [0, 0.05) is 29.2 Å². The Kier molecular flexibility index (Phi) is 3.36. The Morgan fingerprint density at radius 3 is 2.85 bits per heavy atom. The Morgan fingerprint density at radius 2 is 2.05 bits per heavy atom. The molecule has 0 bridgehead atoms. The van der Waals surface area contributed by atoms with E-state index >= 15 is 0 Å². The average molecular weight is 290 g/mol. The molecule has 0 aliphatic carbocycles. The smallest absolute Gasteiger partial charge is 0.125 e. The molecule has 4 heteroatoms. The third-order valence-corrected chi connectivity index (χ3v) is 3.46. The molecule has 20 heavy (non-hydrogen) atoms. The molecule has 3 rings (SSSR count). The highest BCUT2D eigenvalue weighted by atomic mass is 35.5. The third-order valence-electron chi connectivity index (χ3n) is 3.23. The minimum atomic E-state index is -0.235. The number of rotatable bonds is 3. The van der Waals surface area contributed by atoms with Crippen molar-refractivity contribution in [3.8, 4) is 5.75 Å². The van der Waals surface area contributed by atoms with Gasteiger partial charge in [-0.05, 0) is 36.4 Å². The minimum absolute atomic E-state index is 0.235. The summed E-state index contributed by atoms with van der Waals surface area (Å²) < 4.78 is 20.9. The number of halogens is 2. The summed E-state index contributed by atoms with van der Waals surface area (Å²) in [6.07, 6.45) is 1.95. The number of ether oxygens (including phenoxy) is 1. The van der Waals surface area contributed by atoms with Crippen LogP contribution in [0.3, 0.4) is 0 Å². The van der Waals surface area contributed by atoms with Crippen molar-refractivity contribution < 1.29 is 9.13 Å². The van der Waals surface area contributed by atoms with Crippen molar-refractivity contribution in [3.63, 3.8) is 0 Å². The summed E-state index contributed by atoms with van der Waals surface area (Å²) in [7, 11) is 1.89. The van der Waals surface area contributed by atoms with Crippen LogP contribution >= 0.6 is 11.6 Å². The second-order valence-corrected chi connectivity index (χ2v) is 5.11. The van der Waals surface area contributed by atoms with E-state index in [1.54, 1.807) is 18.2 Å². The minimum Gasteiger partial charge on any atom is -0.489 e. The highest BCUT2D eigenvalue weighted by Gasteiger charge is 2.08.